The molecule has 0 radical (unpaired) electrons. The molecule has 2 unspecified atom stereocenters. The SMILES string of the molecule is NCC1CCN1CCCS(=O)[O-]. The van der Waals surface area contributed by atoms with Gasteiger partial charge in [0.1, 0.15) is 0 Å². The molecule has 0 aromatic rings. The monoisotopic (exact) mass is 191 g/mol. The van der Waals surface area contributed by atoms with E-state index in [0.717, 1.165) is 25.9 Å². The van der Waals surface area contributed by atoms with Crippen LogP contribution in [0.25, 0.3) is 0 Å². The Bertz CT molecular complexity index is 163. The summed E-state index contributed by atoms with van der Waals surface area (Å²) in [4.78, 5) is 2.24. The lowest BCUT2D eigenvalue weighted by atomic mass is 10.0. The molecule has 4 nitrogen and oxygen atoms in total. The quantitative estimate of drug-likeness (QED) is 0.583. The highest BCUT2D eigenvalue weighted by atomic mass is 32.2. The number of nitrogens with zero attached hydrogens (tertiary/aromatic N) is 1. The number of rotatable bonds is 5. The maximum atomic E-state index is 10.2. The first kappa shape index (κ1) is 10.1. The summed E-state index contributed by atoms with van der Waals surface area (Å²) in [5.74, 6) is 0.272. The van der Waals surface area contributed by atoms with E-state index < -0.39 is 11.1 Å². The average Bonchev–Trinajstić information content (AvgIpc) is 1.96. The van der Waals surface area contributed by atoms with E-state index in [1.165, 1.54) is 0 Å². The number of hydrogen-bond donors (Lipinski definition) is 1. The van der Waals surface area contributed by atoms with E-state index in [-0.39, 0.29) is 5.75 Å². The molecule has 0 aliphatic carbocycles. The van der Waals surface area contributed by atoms with Crippen LogP contribution in [0, 0.1) is 0 Å². The predicted octanol–water partition coefficient (Wildman–Crippen LogP) is -0.711. The van der Waals surface area contributed by atoms with Crippen LogP contribution in [0.3, 0.4) is 0 Å². The van der Waals surface area contributed by atoms with E-state index >= 15 is 0 Å². The van der Waals surface area contributed by atoms with Gasteiger partial charge in [-0.15, -0.1) is 0 Å². The van der Waals surface area contributed by atoms with E-state index in [4.69, 9.17) is 5.73 Å². The minimum absolute atomic E-state index is 0.272. The third kappa shape index (κ3) is 2.82. The minimum Gasteiger partial charge on any atom is -0.772 e. The Labute approximate surface area is 75.4 Å². The highest BCUT2D eigenvalue weighted by Crippen LogP contribution is 2.15. The molecule has 2 N–H and O–H groups in total. The maximum Gasteiger partial charge on any atom is 0.0230 e. The molecule has 0 saturated carbocycles. The van der Waals surface area contributed by atoms with Gasteiger partial charge >= 0.3 is 0 Å². The van der Waals surface area contributed by atoms with Crippen LogP contribution in [0.4, 0.5) is 0 Å². The van der Waals surface area contributed by atoms with Crippen molar-refractivity contribution >= 4 is 11.1 Å². The van der Waals surface area contributed by atoms with E-state index in [1.54, 1.807) is 0 Å². The molecular formula is C7H15N2O2S-. The van der Waals surface area contributed by atoms with Crippen LogP contribution in [-0.2, 0) is 11.1 Å². The van der Waals surface area contributed by atoms with E-state index in [2.05, 4.69) is 4.90 Å². The minimum atomic E-state index is -1.88. The largest absolute Gasteiger partial charge is 0.772 e. The second kappa shape index (κ2) is 4.91. The van der Waals surface area contributed by atoms with Crippen molar-refractivity contribution < 1.29 is 8.76 Å². The van der Waals surface area contributed by atoms with Crippen LogP contribution in [0.1, 0.15) is 12.8 Å². The molecule has 0 bridgehead atoms. The van der Waals surface area contributed by atoms with E-state index in [0.29, 0.717) is 12.6 Å². The molecule has 0 aromatic carbocycles. The zero-order valence-corrected chi connectivity index (χ0v) is 7.89. The predicted molar refractivity (Wildman–Crippen MR) is 47.4 cm³/mol. The summed E-state index contributed by atoms with van der Waals surface area (Å²) in [5.41, 5.74) is 5.49. The van der Waals surface area contributed by atoms with Gasteiger partial charge in [-0.25, -0.2) is 0 Å². The van der Waals surface area contributed by atoms with Crippen molar-refractivity contribution in [3.63, 3.8) is 0 Å². The molecule has 1 heterocycles. The van der Waals surface area contributed by atoms with Crippen molar-refractivity contribution in [1.82, 2.24) is 4.90 Å². The van der Waals surface area contributed by atoms with Gasteiger partial charge in [0.2, 0.25) is 0 Å². The van der Waals surface area contributed by atoms with Gasteiger partial charge < -0.3 is 10.3 Å². The highest BCUT2D eigenvalue weighted by molar-refractivity contribution is 7.79. The molecule has 5 heteroatoms. The fourth-order valence-electron chi connectivity index (χ4n) is 1.44. The molecular weight excluding hydrogens is 176 g/mol. The van der Waals surface area contributed by atoms with Gasteiger partial charge in [-0.1, -0.05) is 11.1 Å². The van der Waals surface area contributed by atoms with Gasteiger partial charge in [0.05, 0.1) is 0 Å². The van der Waals surface area contributed by atoms with Crippen LogP contribution in [0.5, 0.6) is 0 Å². The Hall–Kier alpha value is 0.0300. The van der Waals surface area contributed by atoms with Gasteiger partial charge in [0, 0.05) is 24.9 Å². The zero-order chi connectivity index (χ0) is 8.97. The Kier molecular flexibility index (Phi) is 4.14. The van der Waals surface area contributed by atoms with Crippen molar-refractivity contribution in [1.29, 1.82) is 0 Å². The molecule has 0 spiro atoms. The van der Waals surface area contributed by atoms with Gasteiger partial charge in [0.15, 0.2) is 0 Å². The van der Waals surface area contributed by atoms with E-state index in [1.807, 2.05) is 0 Å². The smallest absolute Gasteiger partial charge is 0.0230 e. The Morgan fingerprint density at radius 3 is 2.83 bits per heavy atom. The van der Waals surface area contributed by atoms with Gasteiger partial charge in [-0.05, 0) is 19.4 Å². The average molecular weight is 191 g/mol. The second-order valence-corrected chi connectivity index (χ2v) is 4.09. The topological polar surface area (TPSA) is 69.4 Å². The van der Waals surface area contributed by atoms with E-state index in [9.17, 15) is 8.76 Å². The first-order valence-electron chi connectivity index (χ1n) is 4.24. The highest BCUT2D eigenvalue weighted by Gasteiger charge is 2.25. The van der Waals surface area contributed by atoms with Crippen LogP contribution < -0.4 is 5.73 Å². The molecule has 1 aliphatic heterocycles. The fourth-order valence-corrected chi connectivity index (χ4v) is 1.81. The van der Waals surface area contributed by atoms with Gasteiger partial charge in [-0.2, -0.15) is 0 Å². The van der Waals surface area contributed by atoms with Crippen LogP contribution >= 0.6 is 0 Å². The van der Waals surface area contributed by atoms with Crippen molar-refractivity contribution in [3.05, 3.63) is 0 Å². The molecule has 1 fully saturated rings. The Morgan fingerprint density at radius 2 is 2.42 bits per heavy atom. The number of nitrogens with two attached hydrogens (primary N) is 1. The molecule has 1 aliphatic rings. The van der Waals surface area contributed by atoms with Crippen LogP contribution in [-0.4, -0.2) is 45.1 Å². The zero-order valence-electron chi connectivity index (χ0n) is 7.07. The van der Waals surface area contributed by atoms with Gasteiger partial charge in [-0.3, -0.25) is 9.11 Å². The summed E-state index contributed by atoms with van der Waals surface area (Å²) in [6, 6.07) is 0.505. The molecule has 72 valence electrons. The summed E-state index contributed by atoms with van der Waals surface area (Å²) in [6.45, 7) is 2.64. The second-order valence-electron chi connectivity index (χ2n) is 3.08. The van der Waals surface area contributed by atoms with Crippen molar-refractivity contribution in [3.8, 4) is 0 Å². The molecule has 0 aromatic heterocycles. The lowest BCUT2D eigenvalue weighted by molar-refractivity contribution is 0.0974. The summed E-state index contributed by atoms with van der Waals surface area (Å²) in [7, 11) is 0. The molecule has 12 heavy (non-hydrogen) atoms. The van der Waals surface area contributed by atoms with Crippen molar-refractivity contribution in [2.24, 2.45) is 5.73 Å². The van der Waals surface area contributed by atoms with Crippen LogP contribution in [0.15, 0.2) is 0 Å². The summed E-state index contributed by atoms with van der Waals surface area (Å²) < 4.78 is 20.4. The third-order valence-electron chi connectivity index (χ3n) is 2.29. The Balaban J connectivity index is 2.03. The Morgan fingerprint density at radius 1 is 1.67 bits per heavy atom. The lowest BCUT2D eigenvalue weighted by Crippen LogP contribution is -2.52. The number of hydrogen-bond acceptors (Lipinski definition) is 4. The molecule has 1 saturated heterocycles. The van der Waals surface area contributed by atoms with Crippen molar-refractivity contribution in [2.75, 3.05) is 25.4 Å². The molecule has 2 atom stereocenters. The lowest BCUT2D eigenvalue weighted by Gasteiger charge is -2.40. The standard InChI is InChI=1S/C7H16N2O2S/c8-6-7-2-4-9(7)3-1-5-12(10)11/h7H,1-6,8H2,(H,10,11)/p-1. The summed E-state index contributed by atoms with van der Waals surface area (Å²) in [6.07, 6.45) is 1.89. The molecule has 0 amide bonds. The maximum absolute atomic E-state index is 10.2. The normalized spacial score (nSPS) is 26.7. The fraction of sp³-hybridized carbons (Fsp3) is 1.00. The van der Waals surface area contributed by atoms with Crippen LogP contribution in [0.2, 0.25) is 0 Å². The first-order chi connectivity index (χ1) is 5.74. The van der Waals surface area contributed by atoms with Crippen molar-refractivity contribution in [2.45, 2.75) is 18.9 Å². The number of likely N-dealkylation sites (tertiary alicyclic amines) is 1. The summed E-state index contributed by atoms with van der Waals surface area (Å²) >= 11 is -1.88. The first-order valence-corrected chi connectivity index (χ1v) is 5.48. The van der Waals surface area contributed by atoms with Gasteiger partial charge in [0.25, 0.3) is 0 Å². The molecule has 1 rings (SSSR count). The third-order valence-corrected chi connectivity index (χ3v) is 2.92. The summed E-state index contributed by atoms with van der Waals surface area (Å²) in [5, 5.41) is 0.